The summed E-state index contributed by atoms with van der Waals surface area (Å²) in [4.78, 5) is 22.9. The van der Waals surface area contributed by atoms with E-state index in [0.29, 0.717) is 5.56 Å². The summed E-state index contributed by atoms with van der Waals surface area (Å²) in [5.74, 6) is -1.35. The lowest BCUT2D eigenvalue weighted by Crippen LogP contribution is -2.29. The maximum atomic E-state index is 12.5. The van der Waals surface area contributed by atoms with Gasteiger partial charge in [-0.2, -0.15) is 13.2 Å². The van der Waals surface area contributed by atoms with Crippen LogP contribution in [-0.4, -0.2) is 30.1 Å². The molecule has 0 saturated carbocycles. The van der Waals surface area contributed by atoms with E-state index >= 15 is 0 Å². The third kappa shape index (κ3) is 5.01. The van der Waals surface area contributed by atoms with Crippen LogP contribution in [0.3, 0.4) is 0 Å². The highest BCUT2D eigenvalue weighted by Gasteiger charge is 2.30. The number of aryl methyl sites for hydroxylation is 1. The summed E-state index contributed by atoms with van der Waals surface area (Å²) in [6.45, 7) is 1.72. The lowest BCUT2D eigenvalue weighted by molar-refractivity contribution is -0.138. The molecule has 0 aliphatic rings. The van der Waals surface area contributed by atoms with E-state index in [1.807, 2.05) is 0 Å². The van der Waals surface area contributed by atoms with Gasteiger partial charge in [0.25, 0.3) is 5.91 Å². The zero-order valence-electron chi connectivity index (χ0n) is 13.7. The molecule has 0 radical (unpaired) electrons. The van der Waals surface area contributed by atoms with Crippen molar-refractivity contribution in [3.8, 4) is 5.75 Å². The van der Waals surface area contributed by atoms with Crippen LogP contribution in [0.25, 0.3) is 0 Å². The Morgan fingerprint density at radius 3 is 2.46 bits per heavy atom. The Labute approximate surface area is 146 Å². The molecule has 6 nitrogen and oxygen atoms in total. The zero-order chi connectivity index (χ0) is 19.3. The fraction of sp³-hybridized carbons (Fsp3) is 0.294. The normalized spacial score (nSPS) is 11.2. The van der Waals surface area contributed by atoms with E-state index in [9.17, 15) is 22.8 Å². The first kappa shape index (κ1) is 19.4. The molecule has 0 aliphatic heterocycles. The Kier molecular flexibility index (Phi) is 5.91. The van der Waals surface area contributed by atoms with E-state index in [0.717, 1.165) is 12.1 Å². The van der Waals surface area contributed by atoms with E-state index in [1.165, 1.54) is 18.4 Å². The fourth-order valence-electron chi connectivity index (χ4n) is 2.23. The van der Waals surface area contributed by atoms with Gasteiger partial charge in [-0.25, -0.2) is 0 Å². The van der Waals surface area contributed by atoms with Crippen LogP contribution in [0.1, 0.15) is 27.2 Å². The Hall–Kier alpha value is -2.97. The fourth-order valence-corrected chi connectivity index (χ4v) is 2.23. The van der Waals surface area contributed by atoms with Crippen molar-refractivity contribution in [1.29, 1.82) is 0 Å². The van der Waals surface area contributed by atoms with E-state index in [4.69, 9.17) is 14.3 Å². The number of aliphatic carboxylic acids is 1. The van der Waals surface area contributed by atoms with Gasteiger partial charge in [-0.15, -0.1) is 0 Å². The molecule has 9 heteroatoms. The number of hydrogen-bond acceptors (Lipinski definition) is 4. The lowest BCUT2D eigenvalue weighted by Gasteiger charge is -2.10. The van der Waals surface area contributed by atoms with E-state index in [2.05, 4.69) is 5.32 Å². The standard InChI is InChI=1S/C17H16F3NO5/c1-10-9-26-13(8-14(22)23)15(10)16(24)21-6-7-25-12-4-2-11(3-5-12)17(18,19)20/h2-5,9H,6-8H2,1H3,(H,21,24)(H,22,23). The molecule has 1 amide bonds. The van der Waals surface area contributed by atoms with Gasteiger partial charge in [0.15, 0.2) is 0 Å². The highest BCUT2D eigenvalue weighted by atomic mass is 19.4. The molecule has 0 spiro atoms. The second-order valence-corrected chi connectivity index (χ2v) is 5.41. The van der Waals surface area contributed by atoms with Crippen molar-refractivity contribution in [2.24, 2.45) is 0 Å². The molecule has 0 aliphatic carbocycles. The monoisotopic (exact) mass is 371 g/mol. The summed E-state index contributed by atoms with van der Waals surface area (Å²) in [6.07, 6.45) is -3.53. The van der Waals surface area contributed by atoms with Gasteiger partial charge >= 0.3 is 12.1 Å². The van der Waals surface area contributed by atoms with E-state index in [-0.39, 0.29) is 30.2 Å². The molecule has 1 heterocycles. The third-order valence-electron chi connectivity index (χ3n) is 3.43. The van der Waals surface area contributed by atoms with Crippen LogP contribution in [0.5, 0.6) is 5.75 Å². The Balaban J connectivity index is 1.86. The molecular weight excluding hydrogens is 355 g/mol. The molecule has 1 aromatic carbocycles. The average molecular weight is 371 g/mol. The SMILES string of the molecule is Cc1coc(CC(=O)O)c1C(=O)NCCOc1ccc(C(F)(F)F)cc1. The Morgan fingerprint density at radius 2 is 1.88 bits per heavy atom. The minimum Gasteiger partial charge on any atom is -0.492 e. The van der Waals surface area contributed by atoms with Crippen molar-refractivity contribution in [3.63, 3.8) is 0 Å². The maximum absolute atomic E-state index is 12.5. The molecule has 0 atom stereocenters. The summed E-state index contributed by atoms with van der Waals surface area (Å²) in [6, 6.07) is 4.19. The summed E-state index contributed by atoms with van der Waals surface area (Å²) in [5.41, 5.74) is -0.121. The predicted octanol–water partition coefficient (Wildman–Crippen LogP) is 3.04. The minimum absolute atomic E-state index is 0.0300. The van der Waals surface area contributed by atoms with Gasteiger partial charge in [-0.05, 0) is 31.2 Å². The van der Waals surface area contributed by atoms with Crippen molar-refractivity contribution < 1.29 is 37.0 Å². The molecule has 2 N–H and O–H groups in total. The number of benzene rings is 1. The van der Waals surface area contributed by atoms with Crippen molar-refractivity contribution >= 4 is 11.9 Å². The van der Waals surface area contributed by atoms with E-state index in [1.54, 1.807) is 6.92 Å². The summed E-state index contributed by atoms with van der Waals surface area (Å²) >= 11 is 0. The van der Waals surface area contributed by atoms with Crippen LogP contribution in [0.2, 0.25) is 0 Å². The Morgan fingerprint density at radius 1 is 1.23 bits per heavy atom. The first-order valence-electron chi connectivity index (χ1n) is 7.55. The number of amides is 1. The topological polar surface area (TPSA) is 88.8 Å². The van der Waals surface area contributed by atoms with Crippen LogP contribution in [0, 0.1) is 6.92 Å². The summed E-state index contributed by atoms with van der Waals surface area (Å²) < 4.78 is 47.7. The number of carboxylic acid groups (broad SMARTS) is 1. The number of carbonyl (C=O) groups excluding carboxylic acids is 1. The predicted molar refractivity (Wildman–Crippen MR) is 84.1 cm³/mol. The molecule has 1 aromatic heterocycles. The molecule has 0 bridgehead atoms. The van der Waals surface area contributed by atoms with Gasteiger partial charge in [0.2, 0.25) is 0 Å². The third-order valence-corrected chi connectivity index (χ3v) is 3.43. The summed E-state index contributed by atoms with van der Waals surface area (Å²) in [7, 11) is 0. The number of ether oxygens (including phenoxy) is 1. The van der Waals surface area contributed by atoms with Crippen molar-refractivity contribution in [2.75, 3.05) is 13.2 Å². The van der Waals surface area contributed by atoms with Gasteiger partial charge in [-0.1, -0.05) is 0 Å². The number of rotatable bonds is 7. The zero-order valence-corrected chi connectivity index (χ0v) is 13.7. The highest BCUT2D eigenvalue weighted by Crippen LogP contribution is 2.30. The number of hydrogen-bond donors (Lipinski definition) is 2. The van der Waals surface area contributed by atoms with Gasteiger partial charge in [0.1, 0.15) is 24.5 Å². The number of furan rings is 1. The second kappa shape index (κ2) is 7.94. The largest absolute Gasteiger partial charge is 0.492 e. The van der Waals surface area contributed by atoms with Gasteiger partial charge < -0.3 is 19.6 Å². The van der Waals surface area contributed by atoms with Crippen molar-refractivity contribution in [3.05, 3.63) is 53.0 Å². The Bertz CT molecular complexity index is 781. The van der Waals surface area contributed by atoms with Crippen LogP contribution >= 0.6 is 0 Å². The number of carboxylic acids is 1. The van der Waals surface area contributed by atoms with E-state index < -0.39 is 30.0 Å². The van der Waals surface area contributed by atoms with Gasteiger partial charge in [0.05, 0.1) is 23.9 Å². The van der Waals surface area contributed by atoms with Gasteiger partial charge in [-0.3, -0.25) is 9.59 Å². The molecule has 2 aromatic rings. The van der Waals surface area contributed by atoms with Crippen molar-refractivity contribution in [2.45, 2.75) is 19.5 Å². The van der Waals surface area contributed by atoms with Crippen LogP contribution in [-0.2, 0) is 17.4 Å². The molecule has 0 unspecified atom stereocenters. The minimum atomic E-state index is -4.41. The number of alkyl halides is 3. The average Bonchev–Trinajstić information content (AvgIpc) is 2.91. The lowest BCUT2D eigenvalue weighted by atomic mass is 10.1. The van der Waals surface area contributed by atoms with Crippen molar-refractivity contribution in [1.82, 2.24) is 5.32 Å². The van der Waals surface area contributed by atoms with Crippen LogP contribution in [0.15, 0.2) is 34.9 Å². The molecular formula is C17H16F3NO5. The molecule has 0 saturated heterocycles. The molecule has 140 valence electrons. The number of carbonyl (C=O) groups is 2. The van der Waals surface area contributed by atoms with Crippen LogP contribution < -0.4 is 10.1 Å². The maximum Gasteiger partial charge on any atom is 0.416 e. The van der Waals surface area contributed by atoms with Crippen LogP contribution in [0.4, 0.5) is 13.2 Å². The summed E-state index contributed by atoms with van der Waals surface area (Å²) in [5, 5.41) is 11.4. The molecule has 26 heavy (non-hydrogen) atoms. The smallest absolute Gasteiger partial charge is 0.416 e. The number of nitrogens with one attached hydrogen (secondary N) is 1. The molecule has 2 rings (SSSR count). The number of halogens is 3. The highest BCUT2D eigenvalue weighted by molar-refractivity contribution is 5.97. The first-order chi connectivity index (χ1) is 12.2. The second-order valence-electron chi connectivity index (χ2n) is 5.41. The molecule has 0 fully saturated rings. The quantitative estimate of drug-likeness (QED) is 0.731. The van der Waals surface area contributed by atoms with Gasteiger partial charge in [0, 0.05) is 5.56 Å². The first-order valence-corrected chi connectivity index (χ1v) is 7.55.